The van der Waals surface area contributed by atoms with Crippen molar-refractivity contribution < 1.29 is 4.18 Å². The van der Waals surface area contributed by atoms with Gasteiger partial charge in [0.25, 0.3) is 0 Å². The van der Waals surface area contributed by atoms with E-state index < -0.39 is 0 Å². The molecule has 1 aromatic heterocycles. The predicted octanol–water partition coefficient (Wildman–Crippen LogP) is 6.27. The van der Waals surface area contributed by atoms with Crippen LogP contribution in [0.3, 0.4) is 0 Å². The van der Waals surface area contributed by atoms with Crippen molar-refractivity contribution in [2.75, 3.05) is 7.05 Å². The molecule has 6 nitrogen and oxygen atoms in total. The first-order chi connectivity index (χ1) is 17.0. The lowest BCUT2D eigenvalue weighted by Gasteiger charge is -2.16. The average Bonchev–Trinajstić information content (AvgIpc) is 2.88. The number of pyridine rings is 1. The summed E-state index contributed by atoms with van der Waals surface area (Å²) in [6, 6.07) is 27.7. The van der Waals surface area contributed by atoms with Crippen LogP contribution in [-0.2, 0) is 6.54 Å². The van der Waals surface area contributed by atoms with Crippen LogP contribution in [0.5, 0.6) is 5.75 Å². The van der Waals surface area contributed by atoms with E-state index >= 15 is 0 Å². The number of para-hydroxylation sites is 1. The minimum Gasteiger partial charge on any atom is -0.408 e. The van der Waals surface area contributed by atoms with E-state index in [0.717, 1.165) is 45.9 Å². The van der Waals surface area contributed by atoms with Gasteiger partial charge in [-0.15, -0.1) is 4.41 Å². The molecule has 1 heterocycles. The van der Waals surface area contributed by atoms with Crippen LogP contribution in [0.1, 0.15) is 11.1 Å². The van der Waals surface area contributed by atoms with Crippen molar-refractivity contribution in [1.82, 2.24) is 14.8 Å². The molecule has 0 spiro atoms. The summed E-state index contributed by atoms with van der Waals surface area (Å²) in [5.41, 5.74) is 15.2. The van der Waals surface area contributed by atoms with Gasteiger partial charge in [0.2, 0.25) is 5.96 Å². The molecule has 0 radical (unpaired) electrons. The third-order valence-corrected chi connectivity index (χ3v) is 5.95. The minimum atomic E-state index is 0.271. The summed E-state index contributed by atoms with van der Waals surface area (Å²) in [5.74, 6) is 1.02. The van der Waals surface area contributed by atoms with Gasteiger partial charge < -0.3 is 9.92 Å². The molecular weight excluding hydrogens is 478 g/mol. The van der Waals surface area contributed by atoms with E-state index in [-0.39, 0.29) is 5.96 Å². The Hall–Kier alpha value is -3.52. The van der Waals surface area contributed by atoms with E-state index in [2.05, 4.69) is 47.7 Å². The van der Waals surface area contributed by atoms with Crippen LogP contribution in [0.2, 0.25) is 5.02 Å². The van der Waals surface area contributed by atoms with E-state index in [1.165, 1.54) is 5.56 Å². The molecule has 8 heteroatoms. The van der Waals surface area contributed by atoms with Gasteiger partial charge in [-0.2, -0.15) is 0 Å². The summed E-state index contributed by atoms with van der Waals surface area (Å²) < 4.78 is 7.26. The van der Waals surface area contributed by atoms with E-state index in [4.69, 9.17) is 26.5 Å². The van der Waals surface area contributed by atoms with Crippen molar-refractivity contribution in [3.63, 3.8) is 0 Å². The highest BCUT2D eigenvalue weighted by molar-refractivity contribution is 7.92. The van der Waals surface area contributed by atoms with Crippen molar-refractivity contribution in [3.8, 4) is 28.1 Å². The lowest BCUT2D eigenvalue weighted by molar-refractivity contribution is 0.471. The highest BCUT2D eigenvalue weighted by Crippen LogP contribution is 2.32. The summed E-state index contributed by atoms with van der Waals surface area (Å²) in [5, 5.41) is 0.691. The predicted molar refractivity (Wildman–Crippen MR) is 146 cm³/mol. The molecule has 0 saturated heterocycles. The summed E-state index contributed by atoms with van der Waals surface area (Å²) in [7, 11) is 1.80. The second-order valence-corrected chi connectivity index (χ2v) is 9.19. The smallest absolute Gasteiger partial charge is 0.204 e. The molecule has 4 rings (SSSR count). The fourth-order valence-corrected chi connectivity index (χ4v) is 3.92. The van der Waals surface area contributed by atoms with Gasteiger partial charge in [0.05, 0.1) is 12.2 Å². The molecule has 0 aliphatic heterocycles. The number of nitrogens with zero attached hydrogens (tertiary/aromatic N) is 3. The Morgan fingerprint density at radius 2 is 1.71 bits per heavy atom. The number of hydrazine groups is 1. The maximum Gasteiger partial charge on any atom is 0.204 e. The zero-order valence-corrected chi connectivity index (χ0v) is 21.1. The monoisotopic (exact) mass is 503 g/mol. The number of rotatable bonds is 8. The summed E-state index contributed by atoms with van der Waals surface area (Å²) in [4.78, 5) is 9.25. The Kier molecular flexibility index (Phi) is 8.26. The molecule has 0 bridgehead atoms. The highest BCUT2D eigenvalue weighted by atomic mass is 35.5. The third-order valence-electron chi connectivity index (χ3n) is 5.12. The number of nitrogens with one attached hydrogen (secondary N) is 1. The normalized spacial score (nSPS) is 11.5. The van der Waals surface area contributed by atoms with E-state index in [9.17, 15) is 0 Å². The fourth-order valence-electron chi connectivity index (χ4n) is 3.35. The molecule has 0 atom stereocenters. The van der Waals surface area contributed by atoms with Crippen LogP contribution >= 0.6 is 23.8 Å². The molecule has 0 saturated carbocycles. The number of guanidine groups is 1. The lowest BCUT2D eigenvalue weighted by atomic mass is 9.97. The third kappa shape index (κ3) is 6.99. The van der Waals surface area contributed by atoms with Crippen molar-refractivity contribution in [3.05, 3.63) is 107 Å². The number of hydrogen-bond acceptors (Lipinski definition) is 5. The lowest BCUT2D eigenvalue weighted by Crippen LogP contribution is -2.40. The second-order valence-electron chi connectivity index (χ2n) is 7.89. The second kappa shape index (κ2) is 11.8. The number of aliphatic imine (C=N–C) groups is 1. The van der Waals surface area contributed by atoms with E-state index in [1.807, 2.05) is 60.8 Å². The quantitative estimate of drug-likeness (QED) is 0.0969. The first-order valence-electron chi connectivity index (χ1n) is 11.0. The van der Waals surface area contributed by atoms with Gasteiger partial charge in [-0.3, -0.25) is 10.4 Å². The zero-order valence-electron chi connectivity index (χ0n) is 19.5. The van der Waals surface area contributed by atoms with Gasteiger partial charge in [-0.25, -0.2) is 4.99 Å². The number of aryl methyl sites for hydroxylation is 1. The van der Waals surface area contributed by atoms with Crippen LogP contribution in [0, 0.1) is 6.92 Å². The highest BCUT2D eigenvalue weighted by Gasteiger charge is 2.11. The number of nitrogens with two attached hydrogens (primary N) is 1. The maximum atomic E-state index is 6.12. The molecule has 0 fully saturated rings. The van der Waals surface area contributed by atoms with Gasteiger partial charge in [0, 0.05) is 29.4 Å². The number of halogens is 1. The topological polar surface area (TPSA) is 75.8 Å². The summed E-state index contributed by atoms with van der Waals surface area (Å²) in [6.45, 7) is 2.44. The van der Waals surface area contributed by atoms with Crippen molar-refractivity contribution in [1.29, 1.82) is 0 Å². The summed E-state index contributed by atoms with van der Waals surface area (Å²) in [6.07, 6.45) is 1.84. The van der Waals surface area contributed by atoms with Gasteiger partial charge in [0.15, 0.2) is 12.2 Å². The van der Waals surface area contributed by atoms with Crippen molar-refractivity contribution >= 4 is 29.8 Å². The average molecular weight is 504 g/mol. The van der Waals surface area contributed by atoms with E-state index in [0.29, 0.717) is 11.6 Å². The molecule has 35 heavy (non-hydrogen) atoms. The van der Waals surface area contributed by atoms with Crippen molar-refractivity contribution in [2.24, 2.45) is 10.7 Å². The van der Waals surface area contributed by atoms with Gasteiger partial charge >= 0.3 is 0 Å². The van der Waals surface area contributed by atoms with Gasteiger partial charge in [0.1, 0.15) is 5.75 Å². The van der Waals surface area contributed by atoms with Crippen LogP contribution in [-0.4, -0.2) is 22.4 Å². The van der Waals surface area contributed by atoms with Gasteiger partial charge in [-0.1, -0.05) is 71.8 Å². The largest absolute Gasteiger partial charge is 0.408 e. The Morgan fingerprint density at radius 3 is 2.43 bits per heavy atom. The SMILES string of the molecule is Cc1ccc(-c2ncc(CN=C(N)NN(C)SOc3ccccc3)cc2-c2ccc(Cl)cc2)cc1. The molecule has 3 N–H and O–H groups in total. The zero-order chi connectivity index (χ0) is 24.6. The number of benzene rings is 3. The Labute approximate surface area is 215 Å². The molecule has 0 aliphatic rings. The minimum absolute atomic E-state index is 0.271. The number of aromatic nitrogens is 1. The standard InChI is InChI=1S/C27H26ClN5OS/c1-19-8-10-22(11-9-19)26-25(21-12-14-23(28)15-13-21)16-20(17-30-26)18-31-27(29)32-33(2)35-34-24-6-4-3-5-7-24/h3-17H,18H2,1-2H3,(H3,29,31,32). The maximum absolute atomic E-state index is 6.12. The molecular formula is C27H26ClN5OS. The van der Waals surface area contributed by atoms with E-state index in [1.54, 1.807) is 11.5 Å². The fraction of sp³-hybridized carbons (Fsp3) is 0.111. The van der Waals surface area contributed by atoms with Crippen LogP contribution in [0.4, 0.5) is 0 Å². The van der Waals surface area contributed by atoms with Crippen LogP contribution in [0.15, 0.2) is 96.1 Å². The Bertz CT molecular complexity index is 1280. The molecule has 4 aromatic rings. The van der Waals surface area contributed by atoms with Crippen LogP contribution in [0.25, 0.3) is 22.4 Å². The summed E-state index contributed by atoms with van der Waals surface area (Å²) >= 11 is 7.24. The molecule has 0 amide bonds. The van der Waals surface area contributed by atoms with Crippen molar-refractivity contribution in [2.45, 2.75) is 13.5 Å². The molecule has 178 valence electrons. The van der Waals surface area contributed by atoms with Crippen LogP contribution < -0.4 is 15.3 Å². The number of hydrogen-bond donors (Lipinski definition) is 2. The molecule has 3 aromatic carbocycles. The molecule has 0 unspecified atom stereocenters. The van der Waals surface area contributed by atoms with Gasteiger partial charge in [-0.05, 0) is 48.4 Å². The first kappa shape index (κ1) is 24.6. The molecule has 0 aliphatic carbocycles. The first-order valence-corrected chi connectivity index (χ1v) is 12.1. The Morgan fingerprint density at radius 1 is 1.03 bits per heavy atom. The Balaban J connectivity index is 1.49.